The number of nitrogens with zero attached hydrogens (tertiary/aromatic N) is 1. The van der Waals surface area contributed by atoms with Crippen molar-refractivity contribution in [3.63, 3.8) is 0 Å². The van der Waals surface area contributed by atoms with E-state index >= 15 is 0 Å². The van der Waals surface area contributed by atoms with Crippen molar-refractivity contribution in [1.29, 1.82) is 5.26 Å². The molecular weight excluding hydrogens is 359 g/mol. The first-order valence-electron chi connectivity index (χ1n) is 8.99. The van der Waals surface area contributed by atoms with Gasteiger partial charge in [0, 0.05) is 0 Å². The van der Waals surface area contributed by atoms with Crippen molar-refractivity contribution < 1.29 is 22.7 Å². The lowest BCUT2D eigenvalue weighted by Crippen LogP contribution is -2.48. The van der Waals surface area contributed by atoms with Crippen LogP contribution in [0.2, 0.25) is 0 Å². The van der Waals surface area contributed by atoms with Crippen LogP contribution in [0.1, 0.15) is 44.1 Å². The minimum atomic E-state index is -4.45. The van der Waals surface area contributed by atoms with Gasteiger partial charge in [0.15, 0.2) is 6.61 Å². The van der Waals surface area contributed by atoms with Gasteiger partial charge in [-0.25, -0.2) is 0 Å². The molecule has 0 radical (unpaired) electrons. The number of hydrogen-bond donors (Lipinski definition) is 2. The van der Waals surface area contributed by atoms with Crippen LogP contribution in [0, 0.1) is 18.3 Å². The molecule has 2 rings (SSSR count). The fraction of sp³-hybridized carbons (Fsp3) is 0.579. The lowest BCUT2D eigenvalue weighted by molar-refractivity contribution is -0.153. The van der Waals surface area contributed by atoms with Crippen LogP contribution in [-0.2, 0) is 4.79 Å². The maximum Gasteiger partial charge on any atom is 0.422 e. The van der Waals surface area contributed by atoms with Crippen LogP contribution < -0.4 is 15.4 Å². The molecule has 0 heterocycles. The SMILES string of the molecule is Cc1ccc(NCC(=O)NC2(C#N)CCCCCC2)c(OCC(F)(F)F)c1. The first-order chi connectivity index (χ1) is 12.7. The maximum absolute atomic E-state index is 12.4. The van der Waals surface area contributed by atoms with Crippen LogP contribution in [0.15, 0.2) is 18.2 Å². The quantitative estimate of drug-likeness (QED) is 0.726. The third kappa shape index (κ3) is 6.66. The number of halogens is 3. The molecule has 0 atom stereocenters. The highest BCUT2D eigenvalue weighted by Gasteiger charge is 2.32. The van der Waals surface area contributed by atoms with Crippen LogP contribution in [0.4, 0.5) is 18.9 Å². The van der Waals surface area contributed by atoms with E-state index < -0.39 is 18.3 Å². The summed E-state index contributed by atoms with van der Waals surface area (Å²) in [5.74, 6) is -0.342. The average Bonchev–Trinajstić information content (AvgIpc) is 2.84. The van der Waals surface area contributed by atoms with E-state index in [1.54, 1.807) is 19.1 Å². The molecule has 1 fully saturated rings. The molecular formula is C19H24F3N3O2. The minimum absolute atomic E-state index is 0.0320. The van der Waals surface area contributed by atoms with Crippen molar-refractivity contribution in [2.24, 2.45) is 0 Å². The van der Waals surface area contributed by atoms with Gasteiger partial charge in [0.25, 0.3) is 0 Å². The van der Waals surface area contributed by atoms with Gasteiger partial charge in [0.2, 0.25) is 5.91 Å². The lowest BCUT2D eigenvalue weighted by Gasteiger charge is -2.26. The first kappa shape index (κ1) is 20.9. The van der Waals surface area contributed by atoms with E-state index in [0.29, 0.717) is 18.5 Å². The largest absolute Gasteiger partial charge is 0.482 e. The zero-order valence-electron chi connectivity index (χ0n) is 15.3. The number of amides is 1. The molecule has 1 saturated carbocycles. The van der Waals surface area contributed by atoms with E-state index in [1.165, 1.54) is 6.07 Å². The number of carbonyl (C=O) groups is 1. The molecule has 27 heavy (non-hydrogen) atoms. The molecule has 1 aromatic carbocycles. The summed E-state index contributed by atoms with van der Waals surface area (Å²) in [5, 5.41) is 15.1. The predicted octanol–water partition coefficient (Wildman–Crippen LogP) is 4.08. The minimum Gasteiger partial charge on any atom is -0.482 e. The van der Waals surface area contributed by atoms with Gasteiger partial charge >= 0.3 is 6.18 Å². The Hall–Kier alpha value is -2.43. The zero-order valence-corrected chi connectivity index (χ0v) is 15.3. The van der Waals surface area contributed by atoms with Crippen LogP contribution in [-0.4, -0.2) is 30.8 Å². The molecule has 1 aliphatic carbocycles. The van der Waals surface area contributed by atoms with Crippen molar-refractivity contribution >= 4 is 11.6 Å². The Kier molecular flexibility index (Phi) is 6.94. The molecule has 1 aromatic rings. The van der Waals surface area contributed by atoms with Crippen LogP contribution in [0.5, 0.6) is 5.75 Å². The highest BCUT2D eigenvalue weighted by molar-refractivity contribution is 5.82. The fourth-order valence-electron chi connectivity index (χ4n) is 3.14. The number of carbonyl (C=O) groups excluding carboxylic acids is 1. The Morgan fingerprint density at radius 3 is 2.52 bits per heavy atom. The number of nitriles is 1. The molecule has 0 bridgehead atoms. The van der Waals surface area contributed by atoms with Gasteiger partial charge in [-0.05, 0) is 37.5 Å². The number of rotatable bonds is 6. The van der Waals surface area contributed by atoms with E-state index in [-0.39, 0.29) is 18.2 Å². The third-order valence-corrected chi connectivity index (χ3v) is 4.52. The Balaban J connectivity index is 1.99. The van der Waals surface area contributed by atoms with E-state index in [0.717, 1.165) is 31.2 Å². The second-order valence-electron chi connectivity index (χ2n) is 6.91. The van der Waals surface area contributed by atoms with Crippen LogP contribution >= 0.6 is 0 Å². The van der Waals surface area contributed by atoms with Crippen LogP contribution in [0.25, 0.3) is 0 Å². The Labute approximate surface area is 156 Å². The molecule has 0 saturated heterocycles. The summed E-state index contributed by atoms with van der Waals surface area (Å²) < 4.78 is 42.1. The Morgan fingerprint density at radius 1 is 1.26 bits per heavy atom. The zero-order chi connectivity index (χ0) is 19.9. The molecule has 0 aromatic heterocycles. The molecule has 0 unspecified atom stereocenters. The normalized spacial score (nSPS) is 16.7. The van der Waals surface area contributed by atoms with E-state index in [2.05, 4.69) is 16.7 Å². The molecule has 2 N–H and O–H groups in total. The fourth-order valence-corrected chi connectivity index (χ4v) is 3.14. The molecule has 1 amide bonds. The molecule has 5 nitrogen and oxygen atoms in total. The summed E-state index contributed by atoms with van der Waals surface area (Å²) in [7, 11) is 0. The number of anilines is 1. The standard InChI is InChI=1S/C19H24F3N3O2/c1-14-6-7-15(16(10-14)27-13-19(20,21)22)24-11-17(26)25-18(12-23)8-4-2-3-5-9-18/h6-7,10,24H,2-5,8-9,11,13H2,1H3,(H,25,26). The topological polar surface area (TPSA) is 74.2 Å². The number of nitrogens with one attached hydrogen (secondary N) is 2. The monoisotopic (exact) mass is 383 g/mol. The van der Waals surface area contributed by atoms with Gasteiger partial charge < -0.3 is 15.4 Å². The van der Waals surface area contributed by atoms with Gasteiger partial charge in [-0.3, -0.25) is 4.79 Å². The van der Waals surface area contributed by atoms with Crippen molar-refractivity contribution in [3.05, 3.63) is 23.8 Å². The van der Waals surface area contributed by atoms with Crippen molar-refractivity contribution in [2.45, 2.75) is 57.2 Å². The van der Waals surface area contributed by atoms with Gasteiger partial charge in [-0.15, -0.1) is 0 Å². The van der Waals surface area contributed by atoms with E-state index in [1.807, 2.05) is 0 Å². The summed E-state index contributed by atoms with van der Waals surface area (Å²) in [5.41, 5.74) is 0.175. The second kappa shape index (κ2) is 8.98. The molecule has 148 valence electrons. The molecule has 0 spiro atoms. The molecule has 0 aliphatic heterocycles. The number of hydrogen-bond acceptors (Lipinski definition) is 4. The first-order valence-corrected chi connectivity index (χ1v) is 8.99. The number of alkyl halides is 3. The highest BCUT2D eigenvalue weighted by atomic mass is 19.4. The van der Waals surface area contributed by atoms with Gasteiger partial charge in [0.05, 0.1) is 18.3 Å². The van der Waals surface area contributed by atoms with Gasteiger partial charge in [0.1, 0.15) is 11.3 Å². The van der Waals surface area contributed by atoms with Gasteiger partial charge in [-0.2, -0.15) is 18.4 Å². The summed E-state index contributed by atoms with van der Waals surface area (Å²) in [6, 6.07) is 6.99. The number of ether oxygens (including phenoxy) is 1. The molecule has 8 heteroatoms. The van der Waals surface area contributed by atoms with E-state index in [4.69, 9.17) is 4.74 Å². The highest BCUT2D eigenvalue weighted by Crippen LogP contribution is 2.29. The summed E-state index contributed by atoms with van der Waals surface area (Å²) in [6.45, 7) is 0.170. The van der Waals surface area contributed by atoms with Crippen LogP contribution in [0.3, 0.4) is 0 Å². The summed E-state index contributed by atoms with van der Waals surface area (Å²) >= 11 is 0. The summed E-state index contributed by atoms with van der Waals surface area (Å²) in [4.78, 5) is 12.3. The van der Waals surface area contributed by atoms with Crippen molar-refractivity contribution in [2.75, 3.05) is 18.5 Å². The lowest BCUT2D eigenvalue weighted by atomic mass is 9.92. The number of aryl methyl sites for hydroxylation is 1. The molecule has 1 aliphatic rings. The average molecular weight is 383 g/mol. The third-order valence-electron chi connectivity index (χ3n) is 4.52. The summed E-state index contributed by atoms with van der Waals surface area (Å²) in [6.07, 6.45) is 0.626. The smallest absolute Gasteiger partial charge is 0.422 e. The van der Waals surface area contributed by atoms with Gasteiger partial charge in [-0.1, -0.05) is 31.7 Å². The Bertz CT molecular complexity index is 690. The maximum atomic E-state index is 12.4. The predicted molar refractivity (Wildman–Crippen MR) is 95.4 cm³/mol. The van der Waals surface area contributed by atoms with Crippen molar-refractivity contribution in [1.82, 2.24) is 5.32 Å². The van der Waals surface area contributed by atoms with E-state index in [9.17, 15) is 23.2 Å². The second-order valence-corrected chi connectivity index (χ2v) is 6.91. The van der Waals surface area contributed by atoms with Crippen molar-refractivity contribution in [3.8, 4) is 11.8 Å². The Morgan fingerprint density at radius 2 is 1.93 bits per heavy atom. The number of benzene rings is 1.